The summed E-state index contributed by atoms with van der Waals surface area (Å²) in [7, 11) is 0. The average Bonchev–Trinajstić information content (AvgIpc) is 2.89. The van der Waals surface area contributed by atoms with Crippen LogP contribution in [0.4, 0.5) is 0 Å². The molecule has 3 aliphatic carbocycles. The van der Waals surface area contributed by atoms with Crippen molar-refractivity contribution < 1.29 is 0 Å². The van der Waals surface area contributed by atoms with Gasteiger partial charge in [-0.3, -0.25) is 4.98 Å². The first-order chi connectivity index (χ1) is 9.36. The van der Waals surface area contributed by atoms with Gasteiger partial charge < -0.3 is 5.32 Å². The Kier molecular flexibility index (Phi) is 2.87. The van der Waals surface area contributed by atoms with E-state index in [1.165, 1.54) is 43.4 Å². The molecule has 0 aromatic carbocycles. The summed E-state index contributed by atoms with van der Waals surface area (Å²) in [4.78, 5) is 4.71. The number of aromatic nitrogens is 1. The molecular formula is C17H24N2. The smallest absolute Gasteiger partial charge is 0.0482 e. The summed E-state index contributed by atoms with van der Waals surface area (Å²) < 4.78 is 0. The lowest BCUT2D eigenvalue weighted by Gasteiger charge is -2.31. The minimum atomic E-state index is 0.665. The van der Waals surface area contributed by atoms with Gasteiger partial charge in [0.25, 0.3) is 0 Å². The number of nitrogens with one attached hydrogen (secondary N) is 1. The number of nitrogens with zero attached hydrogens (tertiary/aromatic N) is 1. The molecule has 1 N–H and O–H groups in total. The summed E-state index contributed by atoms with van der Waals surface area (Å²) in [5, 5.41) is 3.81. The molecule has 102 valence electrons. The number of hydrogen-bond acceptors (Lipinski definition) is 2. The van der Waals surface area contributed by atoms with E-state index in [0.717, 1.165) is 24.3 Å². The van der Waals surface area contributed by atoms with Crippen molar-refractivity contribution >= 4 is 0 Å². The van der Waals surface area contributed by atoms with Gasteiger partial charge in [-0.25, -0.2) is 0 Å². The zero-order valence-electron chi connectivity index (χ0n) is 11.8. The zero-order chi connectivity index (χ0) is 12.8. The molecular weight excluding hydrogens is 232 g/mol. The van der Waals surface area contributed by atoms with Crippen molar-refractivity contribution in [3.8, 4) is 0 Å². The lowest BCUT2D eigenvalue weighted by Crippen LogP contribution is -2.40. The molecule has 1 heterocycles. The van der Waals surface area contributed by atoms with E-state index in [9.17, 15) is 0 Å². The standard InChI is InChI=1S/C17H24N2/c1-2-18-17(14-9-12-8-13(12)10-14)15-6-5-11-4-3-7-19-16(11)15/h3-4,7,12-15,17-18H,2,5-6,8-10H2,1H3. The van der Waals surface area contributed by atoms with Crippen molar-refractivity contribution in [3.63, 3.8) is 0 Å². The highest BCUT2D eigenvalue weighted by atomic mass is 14.9. The SMILES string of the molecule is CCNC(C1CC2CC2C1)C1CCc2cccnc21. The summed E-state index contributed by atoms with van der Waals surface area (Å²) in [5.41, 5.74) is 2.90. The maximum atomic E-state index is 4.71. The maximum absolute atomic E-state index is 4.71. The van der Waals surface area contributed by atoms with E-state index in [2.05, 4.69) is 24.4 Å². The second-order valence-electron chi connectivity index (χ2n) is 6.76. The minimum absolute atomic E-state index is 0.665. The Morgan fingerprint density at radius 2 is 2.16 bits per heavy atom. The van der Waals surface area contributed by atoms with Crippen LogP contribution in [0.15, 0.2) is 18.3 Å². The molecule has 4 atom stereocenters. The predicted octanol–water partition coefficient (Wildman–Crippen LogP) is 3.14. The third-order valence-electron chi connectivity index (χ3n) is 5.66. The van der Waals surface area contributed by atoms with E-state index in [0.29, 0.717) is 12.0 Å². The van der Waals surface area contributed by atoms with Crippen molar-refractivity contribution in [2.24, 2.45) is 17.8 Å². The number of hydrogen-bond donors (Lipinski definition) is 1. The molecule has 0 bridgehead atoms. The maximum Gasteiger partial charge on any atom is 0.0482 e. The van der Waals surface area contributed by atoms with Gasteiger partial charge in [0.15, 0.2) is 0 Å². The van der Waals surface area contributed by atoms with Crippen LogP contribution in [0, 0.1) is 17.8 Å². The third kappa shape index (κ3) is 2.01. The first-order valence-corrected chi connectivity index (χ1v) is 8.04. The van der Waals surface area contributed by atoms with Gasteiger partial charge in [-0.15, -0.1) is 0 Å². The minimum Gasteiger partial charge on any atom is -0.313 e. The van der Waals surface area contributed by atoms with Gasteiger partial charge in [0.05, 0.1) is 0 Å². The molecule has 0 aliphatic heterocycles. The number of pyridine rings is 1. The predicted molar refractivity (Wildman–Crippen MR) is 77.1 cm³/mol. The fraction of sp³-hybridized carbons (Fsp3) is 0.706. The Morgan fingerprint density at radius 3 is 2.95 bits per heavy atom. The average molecular weight is 256 g/mol. The number of aryl methyl sites for hydroxylation is 1. The highest BCUT2D eigenvalue weighted by molar-refractivity contribution is 5.30. The van der Waals surface area contributed by atoms with E-state index in [1.807, 2.05) is 6.20 Å². The lowest BCUT2D eigenvalue weighted by molar-refractivity contribution is 0.291. The van der Waals surface area contributed by atoms with E-state index < -0.39 is 0 Å². The molecule has 3 aliphatic rings. The van der Waals surface area contributed by atoms with Crippen LogP contribution in [0.5, 0.6) is 0 Å². The van der Waals surface area contributed by atoms with E-state index in [4.69, 9.17) is 4.98 Å². The molecule has 0 amide bonds. The molecule has 2 saturated carbocycles. The Balaban J connectivity index is 1.57. The monoisotopic (exact) mass is 256 g/mol. The second-order valence-corrected chi connectivity index (χ2v) is 6.76. The Morgan fingerprint density at radius 1 is 1.32 bits per heavy atom. The van der Waals surface area contributed by atoms with Gasteiger partial charge in [-0.05, 0) is 68.0 Å². The summed E-state index contributed by atoms with van der Waals surface area (Å²) in [5.74, 6) is 3.73. The van der Waals surface area contributed by atoms with Crippen LogP contribution in [-0.2, 0) is 6.42 Å². The number of likely N-dealkylation sites (N-methyl/N-ethyl adjacent to an activating group) is 1. The van der Waals surface area contributed by atoms with Crippen LogP contribution in [0.25, 0.3) is 0 Å². The van der Waals surface area contributed by atoms with Gasteiger partial charge in [0.2, 0.25) is 0 Å². The van der Waals surface area contributed by atoms with Crippen LogP contribution >= 0.6 is 0 Å². The van der Waals surface area contributed by atoms with Crippen molar-refractivity contribution in [2.75, 3.05) is 6.54 Å². The van der Waals surface area contributed by atoms with Crippen LogP contribution < -0.4 is 5.32 Å². The van der Waals surface area contributed by atoms with E-state index >= 15 is 0 Å². The highest BCUT2D eigenvalue weighted by Gasteiger charge is 2.49. The lowest BCUT2D eigenvalue weighted by atomic mass is 9.83. The first-order valence-electron chi connectivity index (χ1n) is 8.04. The molecule has 1 aromatic heterocycles. The van der Waals surface area contributed by atoms with Crippen LogP contribution in [0.1, 0.15) is 49.8 Å². The van der Waals surface area contributed by atoms with E-state index in [1.54, 1.807) is 0 Å². The van der Waals surface area contributed by atoms with Crippen molar-refractivity contribution in [3.05, 3.63) is 29.6 Å². The molecule has 0 spiro atoms. The molecule has 2 heteroatoms. The van der Waals surface area contributed by atoms with Gasteiger partial charge in [0, 0.05) is 23.9 Å². The summed E-state index contributed by atoms with van der Waals surface area (Å²) in [6.45, 7) is 3.34. The molecule has 4 rings (SSSR count). The Bertz CT molecular complexity index is 460. The van der Waals surface area contributed by atoms with Crippen molar-refractivity contribution in [1.29, 1.82) is 0 Å². The van der Waals surface area contributed by atoms with Gasteiger partial charge in [-0.1, -0.05) is 13.0 Å². The third-order valence-corrected chi connectivity index (χ3v) is 5.66. The Labute approximate surface area is 116 Å². The first kappa shape index (κ1) is 11.9. The fourth-order valence-electron chi connectivity index (χ4n) is 4.72. The molecule has 4 unspecified atom stereocenters. The topological polar surface area (TPSA) is 24.9 Å². The fourth-order valence-corrected chi connectivity index (χ4v) is 4.72. The molecule has 0 radical (unpaired) electrons. The molecule has 19 heavy (non-hydrogen) atoms. The van der Waals surface area contributed by atoms with Crippen molar-refractivity contribution in [2.45, 2.75) is 51.0 Å². The van der Waals surface area contributed by atoms with Gasteiger partial charge in [0.1, 0.15) is 0 Å². The quantitative estimate of drug-likeness (QED) is 0.895. The summed E-state index contributed by atoms with van der Waals surface area (Å²) in [6.07, 6.45) is 8.98. The largest absolute Gasteiger partial charge is 0.313 e. The number of rotatable bonds is 4. The van der Waals surface area contributed by atoms with Crippen LogP contribution in [-0.4, -0.2) is 17.6 Å². The van der Waals surface area contributed by atoms with Gasteiger partial charge in [-0.2, -0.15) is 0 Å². The highest BCUT2D eigenvalue weighted by Crippen LogP contribution is 2.56. The summed E-state index contributed by atoms with van der Waals surface area (Å²) >= 11 is 0. The van der Waals surface area contributed by atoms with Crippen LogP contribution in [0.2, 0.25) is 0 Å². The second kappa shape index (κ2) is 4.59. The zero-order valence-corrected chi connectivity index (χ0v) is 11.8. The van der Waals surface area contributed by atoms with Gasteiger partial charge >= 0.3 is 0 Å². The number of fused-ring (bicyclic) bond motifs is 2. The molecule has 0 saturated heterocycles. The van der Waals surface area contributed by atoms with E-state index in [-0.39, 0.29) is 0 Å². The molecule has 2 nitrogen and oxygen atoms in total. The van der Waals surface area contributed by atoms with Crippen LogP contribution in [0.3, 0.4) is 0 Å². The summed E-state index contributed by atoms with van der Waals surface area (Å²) in [6, 6.07) is 5.04. The normalized spacial score (nSPS) is 36.9. The van der Waals surface area contributed by atoms with Crippen molar-refractivity contribution in [1.82, 2.24) is 10.3 Å². The molecule has 2 fully saturated rings. The Hall–Kier alpha value is -0.890. The molecule has 1 aromatic rings.